The third-order valence-corrected chi connectivity index (χ3v) is 6.55. The lowest BCUT2D eigenvalue weighted by atomic mass is 9.94. The first kappa shape index (κ1) is 18.5. The van der Waals surface area contributed by atoms with E-state index in [4.69, 9.17) is 4.74 Å². The Labute approximate surface area is 166 Å². The molecule has 3 nitrogen and oxygen atoms in total. The predicted molar refractivity (Wildman–Crippen MR) is 115 cm³/mol. The van der Waals surface area contributed by atoms with Crippen molar-refractivity contribution in [1.29, 1.82) is 0 Å². The molecule has 2 heterocycles. The number of ether oxygens (including phenoxy) is 1. The Balaban J connectivity index is 1.68. The fourth-order valence-electron chi connectivity index (χ4n) is 4.37. The average molecular weight is 381 g/mol. The minimum atomic E-state index is 0.481. The van der Waals surface area contributed by atoms with Crippen molar-refractivity contribution < 1.29 is 4.74 Å². The molecular weight excluding hydrogens is 352 g/mol. The SMILES string of the molecule is COc1cc(C)c2[nH]ccc2c1CN1CCCCC1c1ccc(SC)cc1. The maximum Gasteiger partial charge on any atom is 0.124 e. The fourth-order valence-corrected chi connectivity index (χ4v) is 4.78. The molecule has 1 unspecified atom stereocenters. The number of aryl methyl sites for hydroxylation is 1. The van der Waals surface area contributed by atoms with Gasteiger partial charge < -0.3 is 9.72 Å². The number of H-pyrrole nitrogens is 1. The van der Waals surface area contributed by atoms with Crippen LogP contribution in [0.1, 0.15) is 42.0 Å². The van der Waals surface area contributed by atoms with Crippen LogP contribution in [0.4, 0.5) is 0 Å². The normalized spacial score (nSPS) is 18.1. The fraction of sp³-hybridized carbons (Fsp3) is 0.391. The number of methoxy groups -OCH3 is 1. The first-order valence-corrected chi connectivity index (χ1v) is 11.0. The Morgan fingerprint density at radius 2 is 2.00 bits per heavy atom. The van der Waals surface area contributed by atoms with Gasteiger partial charge in [0.25, 0.3) is 0 Å². The van der Waals surface area contributed by atoms with Gasteiger partial charge in [0.2, 0.25) is 0 Å². The monoisotopic (exact) mass is 380 g/mol. The van der Waals surface area contributed by atoms with Gasteiger partial charge in [-0.25, -0.2) is 0 Å². The van der Waals surface area contributed by atoms with Gasteiger partial charge in [0.05, 0.1) is 7.11 Å². The van der Waals surface area contributed by atoms with Gasteiger partial charge in [-0.3, -0.25) is 4.90 Å². The number of rotatable bonds is 5. The van der Waals surface area contributed by atoms with Gasteiger partial charge in [-0.1, -0.05) is 18.6 Å². The molecule has 1 N–H and O–H groups in total. The van der Waals surface area contributed by atoms with Crippen LogP contribution in [0, 0.1) is 6.92 Å². The number of fused-ring (bicyclic) bond motifs is 1. The van der Waals surface area contributed by atoms with E-state index in [0.29, 0.717) is 6.04 Å². The van der Waals surface area contributed by atoms with E-state index < -0.39 is 0 Å². The zero-order chi connectivity index (χ0) is 18.8. The molecule has 2 aromatic carbocycles. The molecule has 0 amide bonds. The zero-order valence-electron chi connectivity index (χ0n) is 16.4. The highest BCUT2D eigenvalue weighted by Crippen LogP contribution is 2.37. The van der Waals surface area contributed by atoms with Crippen LogP contribution >= 0.6 is 11.8 Å². The number of hydrogen-bond acceptors (Lipinski definition) is 3. The molecule has 1 aromatic heterocycles. The molecule has 0 bridgehead atoms. The third-order valence-electron chi connectivity index (χ3n) is 5.81. The van der Waals surface area contributed by atoms with Crippen molar-refractivity contribution in [1.82, 2.24) is 9.88 Å². The lowest BCUT2D eigenvalue weighted by Crippen LogP contribution is -2.33. The Hall–Kier alpha value is -1.91. The Morgan fingerprint density at radius 3 is 2.74 bits per heavy atom. The molecule has 1 saturated heterocycles. The number of piperidine rings is 1. The van der Waals surface area contributed by atoms with Crippen molar-refractivity contribution in [3.8, 4) is 5.75 Å². The topological polar surface area (TPSA) is 28.3 Å². The maximum absolute atomic E-state index is 5.77. The van der Waals surface area contributed by atoms with Crippen LogP contribution in [0.15, 0.2) is 47.5 Å². The van der Waals surface area contributed by atoms with Crippen LogP contribution in [0.2, 0.25) is 0 Å². The quantitative estimate of drug-likeness (QED) is 0.556. The summed E-state index contributed by atoms with van der Waals surface area (Å²) in [6, 6.07) is 14.0. The maximum atomic E-state index is 5.77. The second kappa shape index (κ2) is 7.99. The summed E-state index contributed by atoms with van der Waals surface area (Å²) in [5.74, 6) is 1.00. The summed E-state index contributed by atoms with van der Waals surface area (Å²) in [6.45, 7) is 4.20. The molecule has 27 heavy (non-hydrogen) atoms. The molecule has 0 aliphatic carbocycles. The van der Waals surface area contributed by atoms with Crippen LogP contribution in [0.3, 0.4) is 0 Å². The number of aromatic amines is 1. The molecule has 4 rings (SSSR count). The second-order valence-corrected chi connectivity index (χ2v) is 8.28. The minimum Gasteiger partial charge on any atom is -0.496 e. The number of thioether (sulfide) groups is 1. The van der Waals surface area contributed by atoms with Crippen molar-refractivity contribution in [3.05, 3.63) is 59.3 Å². The number of nitrogens with zero attached hydrogens (tertiary/aromatic N) is 1. The van der Waals surface area contributed by atoms with Crippen LogP contribution in [0.5, 0.6) is 5.75 Å². The molecule has 142 valence electrons. The highest BCUT2D eigenvalue weighted by molar-refractivity contribution is 7.98. The molecule has 1 aliphatic rings. The van der Waals surface area contributed by atoms with E-state index in [9.17, 15) is 0 Å². The summed E-state index contributed by atoms with van der Waals surface area (Å²) in [5, 5.41) is 1.29. The van der Waals surface area contributed by atoms with Crippen LogP contribution in [-0.2, 0) is 6.54 Å². The molecule has 1 atom stereocenters. The summed E-state index contributed by atoms with van der Waals surface area (Å²) < 4.78 is 5.77. The Bertz CT molecular complexity index is 916. The first-order chi connectivity index (χ1) is 13.2. The minimum absolute atomic E-state index is 0.481. The smallest absolute Gasteiger partial charge is 0.124 e. The number of nitrogens with one attached hydrogen (secondary N) is 1. The van der Waals surface area contributed by atoms with Crippen molar-refractivity contribution in [2.75, 3.05) is 19.9 Å². The lowest BCUT2D eigenvalue weighted by molar-refractivity contribution is 0.139. The van der Waals surface area contributed by atoms with Gasteiger partial charge in [0.15, 0.2) is 0 Å². The van der Waals surface area contributed by atoms with Gasteiger partial charge in [-0.15, -0.1) is 11.8 Å². The summed E-state index contributed by atoms with van der Waals surface area (Å²) in [7, 11) is 1.78. The molecular formula is C23H28N2OS. The summed E-state index contributed by atoms with van der Waals surface area (Å²) in [6.07, 6.45) is 7.96. The van der Waals surface area contributed by atoms with Gasteiger partial charge in [0.1, 0.15) is 5.75 Å². The van der Waals surface area contributed by atoms with Crippen molar-refractivity contribution in [2.45, 2.75) is 43.7 Å². The van der Waals surface area contributed by atoms with Gasteiger partial charge in [0, 0.05) is 40.1 Å². The highest BCUT2D eigenvalue weighted by Gasteiger charge is 2.26. The average Bonchev–Trinajstić information content (AvgIpc) is 3.21. The first-order valence-electron chi connectivity index (χ1n) is 9.73. The summed E-state index contributed by atoms with van der Waals surface area (Å²) >= 11 is 1.80. The molecule has 1 fully saturated rings. The van der Waals surface area contributed by atoms with Crippen molar-refractivity contribution in [2.24, 2.45) is 0 Å². The van der Waals surface area contributed by atoms with E-state index in [2.05, 4.69) is 59.5 Å². The van der Waals surface area contributed by atoms with Crippen molar-refractivity contribution in [3.63, 3.8) is 0 Å². The molecule has 1 aliphatic heterocycles. The highest BCUT2D eigenvalue weighted by atomic mass is 32.2. The molecule has 0 spiro atoms. The van der Waals surface area contributed by atoms with Crippen molar-refractivity contribution >= 4 is 22.7 Å². The second-order valence-electron chi connectivity index (χ2n) is 7.40. The van der Waals surface area contributed by atoms with Gasteiger partial charge in [-0.05, 0) is 68.0 Å². The van der Waals surface area contributed by atoms with E-state index in [1.54, 1.807) is 18.9 Å². The largest absolute Gasteiger partial charge is 0.496 e. The van der Waals surface area contributed by atoms with Crippen LogP contribution in [0.25, 0.3) is 10.9 Å². The molecule has 4 heteroatoms. The predicted octanol–water partition coefficient (Wildman–Crippen LogP) is 5.93. The van der Waals surface area contributed by atoms with E-state index >= 15 is 0 Å². The number of aromatic nitrogens is 1. The van der Waals surface area contributed by atoms with Gasteiger partial charge >= 0.3 is 0 Å². The Morgan fingerprint density at radius 1 is 1.19 bits per heavy atom. The summed E-state index contributed by atoms with van der Waals surface area (Å²) in [5.41, 5.74) is 5.19. The van der Waals surface area contributed by atoms with E-state index in [0.717, 1.165) is 18.8 Å². The van der Waals surface area contributed by atoms with Crippen LogP contribution < -0.4 is 4.74 Å². The molecule has 0 radical (unpaired) electrons. The summed E-state index contributed by atoms with van der Waals surface area (Å²) in [4.78, 5) is 7.36. The zero-order valence-corrected chi connectivity index (χ0v) is 17.2. The van der Waals surface area contributed by atoms with Crippen LogP contribution in [-0.4, -0.2) is 29.8 Å². The number of benzene rings is 2. The standard InChI is InChI=1S/C23H28N2OS/c1-16-14-22(26-2)20(19-11-12-24-23(16)19)15-25-13-5-4-6-21(25)17-7-9-18(27-3)10-8-17/h7-12,14,21,24H,4-6,13,15H2,1-3H3. The molecule has 3 aromatic rings. The van der Waals surface area contributed by atoms with E-state index in [-0.39, 0.29) is 0 Å². The van der Waals surface area contributed by atoms with Gasteiger partial charge in [-0.2, -0.15) is 0 Å². The van der Waals surface area contributed by atoms with E-state index in [1.807, 2.05) is 6.20 Å². The lowest BCUT2D eigenvalue weighted by Gasteiger charge is -2.36. The van der Waals surface area contributed by atoms with E-state index in [1.165, 1.54) is 51.8 Å². The molecule has 0 saturated carbocycles. The number of likely N-dealkylation sites (tertiary alicyclic amines) is 1. The Kier molecular flexibility index (Phi) is 5.46. The third kappa shape index (κ3) is 3.61. The number of hydrogen-bond donors (Lipinski definition) is 1.